The van der Waals surface area contributed by atoms with Crippen LogP contribution < -0.4 is 28.9 Å². The summed E-state index contributed by atoms with van der Waals surface area (Å²) in [6, 6.07) is 7.47. The highest BCUT2D eigenvalue weighted by Gasteiger charge is 2.32. The van der Waals surface area contributed by atoms with E-state index in [0.717, 1.165) is 23.3 Å². The van der Waals surface area contributed by atoms with E-state index in [4.69, 9.17) is 0 Å². The van der Waals surface area contributed by atoms with Gasteiger partial charge in [0.25, 0.3) is 5.69 Å². The lowest BCUT2D eigenvalue weighted by atomic mass is 10.2. The van der Waals surface area contributed by atoms with Crippen molar-refractivity contribution < 1.29 is 33.4 Å². The molecule has 1 aromatic rings. The highest BCUT2D eigenvalue weighted by atomic mass is 127. The maximum Gasteiger partial charge on any atom is 0.269 e. The van der Waals surface area contributed by atoms with Gasteiger partial charge in [-0.2, -0.15) is 0 Å². The van der Waals surface area contributed by atoms with Gasteiger partial charge in [0.15, 0.2) is 0 Å². The maximum absolute atomic E-state index is 10.6. The number of quaternary nitrogens is 1. The number of non-ortho nitro benzene ring substituents is 1. The molecule has 19 heavy (non-hydrogen) atoms. The number of likely N-dealkylation sites (N-methyl/N-ethyl adjacent to an activating group) is 1. The quantitative estimate of drug-likeness (QED) is 0.290. The summed E-state index contributed by atoms with van der Waals surface area (Å²) in [4.78, 5) is 12.6. The Kier molecular flexibility index (Phi) is 5.14. The van der Waals surface area contributed by atoms with Crippen LogP contribution in [0, 0.1) is 10.1 Å². The van der Waals surface area contributed by atoms with Gasteiger partial charge in [-0.15, -0.1) is 0 Å². The number of hydrogen-bond donors (Lipinski definition) is 0. The number of halogens is 1. The van der Waals surface area contributed by atoms with Crippen molar-refractivity contribution in [3.63, 3.8) is 0 Å². The predicted molar refractivity (Wildman–Crippen MR) is 71.7 cm³/mol. The fourth-order valence-electron chi connectivity index (χ4n) is 2.39. The molecule has 1 fully saturated rings. The first-order valence-corrected chi connectivity index (χ1v) is 6.18. The van der Waals surface area contributed by atoms with Gasteiger partial charge in [0.1, 0.15) is 6.04 Å². The lowest BCUT2D eigenvalue weighted by Gasteiger charge is -2.31. The van der Waals surface area contributed by atoms with Crippen molar-refractivity contribution in [1.29, 1.82) is 0 Å². The molecule has 6 heteroatoms. The summed E-state index contributed by atoms with van der Waals surface area (Å²) in [5.41, 5.74) is 1.23. The Morgan fingerprint density at radius 3 is 2.26 bits per heavy atom. The number of benzene rings is 1. The topological polar surface area (TPSA) is 46.4 Å². The largest absolute Gasteiger partial charge is 1.00 e. The molecule has 1 heterocycles. The minimum absolute atomic E-state index is 0. The van der Waals surface area contributed by atoms with Gasteiger partial charge in [-0.1, -0.05) is 0 Å². The van der Waals surface area contributed by atoms with E-state index in [-0.39, 0.29) is 34.6 Å². The second kappa shape index (κ2) is 6.04. The van der Waals surface area contributed by atoms with E-state index in [0.29, 0.717) is 6.04 Å². The summed E-state index contributed by atoms with van der Waals surface area (Å²) < 4.78 is 0.962. The monoisotopic (exact) mass is 377 g/mol. The molecule has 1 atom stereocenters. The van der Waals surface area contributed by atoms with Crippen molar-refractivity contribution in [1.82, 2.24) is 0 Å². The second-order valence-corrected chi connectivity index (χ2v) is 5.78. The van der Waals surface area contributed by atoms with Gasteiger partial charge >= 0.3 is 0 Å². The lowest BCUT2D eigenvalue weighted by molar-refractivity contribution is -0.893. The molecule has 0 radical (unpaired) electrons. The third-order valence-corrected chi connectivity index (χ3v) is 3.68. The minimum atomic E-state index is -0.359. The minimum Gasteiger partial charge on any atom is -1.00 e. The van der Waals surface area contributed by atoms with Crippen molar-refractivity contribution in [3.05, 3.63) is 34.4 Å². The van der Waals surface area contributed by atoms with Crippen LogP contribution in [0.15, 0.2) is 24.3 Å². The lowest BCUT2D eigenvalue weighted by Crippen LogP contribution is -3.00. The molecule has 1 saturated heterocycles. The van der Waals surface area contributed by atoms with E-state index in [9.17, 15) is 10.1 Å². The van der Waals surface area contributed by atoms with Crippen LogP contribution in [0.25, 0.3) is 0 Å². The van der Waals surface area contributed by atoms with E-state index in [1.165, 1.54) is 6.42 Å². The van der Waals surface area contributed by atoms with Crippen LogP contribution >= 0.6 is 0 Å². The van der Waals surface area contributed by atoms with Crippen LogP contribution in [-0.2, 0) is 0 Å². The molecule has 0 N–H and O–H groups in total. The summed E-state index contributed by atoms with van der Waals surface area (Å²) in [6.45, 7) is 2.04. The summed E-state index contributed by atoms with van der Waals surface area (Å²) in [7, 11) is 6.64. The van der Waals surface area contributed by atoms with E-state index >= 15 is 0 Å². The van der Waals surface area contributed by atoms with Gasteiger partial charge < -0.3 is 33.4 Å². The van der Waals surface area contributed by atoms with Gasteiger partial charge in [-0.25, -0.2) is 0 Å². The van der Waals surface area contributed by atoms with Gasteiger partial charge in [-0.3, -0.25) is 10.1 Å². The van der Waals surface area contributed by atoms with Crippen LogP contribution in [-0.4, -0.2) is 49.7 Å². The molecule has 1 aliphatic rings. The molecule has 0 bridgehead atoms. The van der Waals surface area contributed by atoms with Gasteiger partial charge in [0.05, 0.1) is 32.6 Å². The number of nitrogens with zero attached hydrogens (tertiary/aromatic N) is 3. The third-order valence-electron chi connectivity index (χ3n) is 3.68. The molecule has 106 valence electrons. The summed E-state index contributed by atoms with van der Waals surface area (Å²) in [5.74, 6) is 0. The van der Waals surface area contributed by atoms with E-state index in [1.807, 2.05) is 12.1 Å². The summed E-state index contributed by atoms with van der Waals surface area (Å²) >= 11 is 0. The van der Waals surface area contributed by atoms with Gasteiger partial charge in [0, 0.05) is 30.8 Å². The first-order valence-electron chi connectivity index (χ1n) is 6.18. The van der Waals surface area contributed by atoms with E-state index in [1.54, 1.807) is 12.1 Å². The Morgan fingerprint density at radius 1 is 1.26 bits per heavy atom. The average molecular weight is 377 g/mol. The highest BCUT2D eigenvalue weighted by Crippen LogP contribution is 2.25. The molecule has 0 saturated carbocycles. The Labute approximate surface area is 131 Å². The zero-order chi connectivity index (χ0) is 13.3. The second-order valence-electron chi connectivity index (χ2n) is 5.78. The Bertz CT molecular complexity index is 442. The summed E-state index contributed by atoms with van der Waals surface area (Å²) in [5, 5.41) is 10.6. The first kappa shape index (κ1) is 16.2. The molecule has 1 aliphatic heterocycles. The van der Waals surface area contributed by atoms with Crippen LogP contribution in [0.5, 0.6) is 0 Å². The van der Waals surface area contributed by atoms with Crippen molar-refractivity contribution in [2.75, 3.05) is 39.1 Å². The fraction of sp³-hybridized carbons (Fsp3) is 0.538. The van der Waals surface area contributed by atoms with Crippen LogP contribution in [0.1, 0.15) is 6.42 Å². The van der Waals surface area contributed by atoms with Crippen LogP contribution in [0.3, 0.4) is 0 Å². The van der Waals surface area contributed by atoms with E-state index in [2.05, 4.69) is 26.0 Å². The molecule has 5 nitrogen and oxygen atoms in total. The third kappa shape index (κ3) is 3.79. The van der Waals surface area contributed by atoms with Crippen LogP contribution in [0.2, 0.25) is 0 Å². The zero-order valence-corrected chi connectivity index (χ0v) is 13.7. The molecule has 1 aromatic carbocycles. The SMILES string of the molecule is C[N+](C)(C)C1CCN(c2ccc([N+](=O)[O-])cc2)C1.[I-]. The van der Waals surface area contributed by atoms with Crippen molar-refractivity contribution in [3.8, 4) is 0 Å². The summed E-state index contributed by atoms with van der Waals surface area (Å²) in [6.07, 6.45) is 1.17. The zero-order valence-electron chi connectivity index (χ0n) is 11.5. The number of nitro benzene ring substituents is 1. The van der Waals surface area contributed by atoms with Crippen molar-refractivity contribution in [2.24, 2.45) is 0 Å². The average Bonchev–Trinajstić information content (AvgIpc) is 2.78. The van der Waals surface area contributed by atoms with E-state index < -0.39 is 0 Å². The normalized spacial score (nSPS) is 19.1. The molecule has 0 spiro atoms. The van der Waals surface area contributed by atoms with Crippen molar-refractivity contribution >= 4 is 11.4 Å². The van der Waals surface area contributed by atoms with Crippen LogP contribution in [0.4, 0.5) is 11.4 Å². The van der Waals surface area contributed by atoms with Crippen molar-refractivity contribution in [2.45, 2.75) is 12.5 Å². The number of hydrogen-bond acceptors (Lipinski definition) is 3. The van der Waals surface area contributed by atoms with Gasteiger partial charge in [0.2, 0.25) is 0 Å². The Hall–Kier alpha value is -0.890. The standard InChI is InChI=1S/C13H20N3O2.HI/c1-16(2,3)13-8-9-14(10-13)11-4-6-12(7-5-11)15(17)18;/h4-7,13H,8-10H2,1-3H3;1H/q+1;/p-1. The number of nitro groups is 1. The molecular formula is C13H20IN3O2. The Balaban J connectivity index is 0.00000180. The molecule has 0 aliphatic carbocycles. The Morgan fingerprint density at radius 2 is 1.84 bits per heavy atom. The number of rotatable bonds is 3. The predicted octanol–water partition coefficient (Wildman–Crippen LogP) is -1.12. The number of anilines is 1. The molecule has 1 unspecified atom stereocenters. The highest BCUT2D eigenvalue weighted by molar-refractivity contribution is 5.51. The maximum atomic E-state index is 10.6. The molecular weight excluding hydrogens is 357 g/mol. The first-order chi connectivity index (χ1) is 8.38. The molecule has 0 amide bonds. The van der Waals surface area contributed by atoms with Gasteiger partial charge in [-0.05, 0) is 12.1 Å². The fourth-order valence-corrected chi connectivity index (χ4v) is 2.39. The molecule has 0 aromatic heterocycles. The smallest absolute Gasteiger partial charge is 0.269 e. The molecule has 2 rings (SSSR count).